The Kier molecular flexibility index (Phi) is 5.97. The Morgan fingerprint density at radius 2 is 1.70 bits per heavy atom. The van der Waals surface area contributed by atoms with Gasteiger partial charge in [-0.2, -0.15) is 0 Å². The van der Waals surface area contributed by atoms with Crippen molar-refractivity contribution in [2.75, 3.05) is 19.9 Å². The van der Waals surface area contributed by atoms with Gasteiger partial charge < -0.3 is 14.8 Å². The van der Waals surface area contributed by atoms with Gasteiger partial charge in [-0.1, -0.05) is 35.9 Å². The molecule has 1 saturated heterocycles. The third-order valence-corrected chi connectivity index (χ3v) is 7.44. The van der Waals surface area contributed by atoms with Crippen LogP contribution in [0.2, 0.25) is 0 Å². The van der Waals surface area contributed by atoms with Gasteiger partial charge in [0.1, 0.15) is 0 Å². The van der Waals surface area contributed by atoms with Gasteiger partial charge in [0.05, 0.1) is 5.75 Å². The number of carbonyl (C=O) groups excluding carboxylic acids is 1. The number of hydrogen-bond acceptors (Lipinski definition) is 5. The van der Waals surface area contributed by atoms with Crippen molar-refractivity contribution in [1.82, 2.24) is 9.62 Å². The first-order valence-corrected chi connectivity index (χ1v) is 11.7. The van der Waals surface area contributed by atoms with Crippen molar-refractivity contribution in [1.29, 1.82) is 0 Å². The molecular formula is C22H26N2O5S. The minimum Gasteiger partial charge on any atom is -0.454 e. The maximum Gasteiger partial charge on any atom is 0.231 e. The van der Waals surface area contributed by atoms with Crippen LogP contribution < -0.4 is 14.8 Å². The zero-order chi connectivity index (χ0) is 21.1. The Labute approximate surface area is 177 Å². The molecule has 1 N–H and O–H groups in total. The van der Waals surface area contributed by atoms with Gasteiger partial charge in [0.2, 0.25) is 22.7 Å². The van der Waals surface area contributed by atoms with Crippen molar-refractivity contribution in [2.45, 2.75) is 32.1 Å². The van der Waals surface area contributed by atoms with Crippen molar-refractivity contribution in [3.05, 3.63) is 59.2 Å². The lowest BCUT2D eigenvalue weighted by atomic mass is 9.97. The van der Waals surface area contributed by atoms with Crippen LogP contribution in [0.25, 0.3) is 0 Å². The molecule has 0 spiro atoms. The van der Waals surface area contributed by atoms with Crippen LogP contribution >= 0.6 is 0 Å². The van der Waals surface area contributed by atoms with Crippen molar-refractivity contribution in [3.8, 4) is 11.5 Å². The van der Waals surface area contributed by atoms with Crippen molar-refractivity contribution in [2.24, 2.45) is 5.92 Å². The molecule has 2 aromatic rings. The van der Waals surface area contributed by atoms with E-state index in [4.69, 9.17) is 9.47 Å². The third kappa shape index (κ3) is 4.76. The van der Waals surface area contributed by atoms with E-state index in [9.17, 15) is 13.2 Å². The number of nitrogens with one attached hydrogen (secondary N) is 1. The van der Waals surface area contributed by atoms with E-state index >= 15 is 0 Å². The van der Waals surface area contributed by atoms with Gasteiger partial charge in [0.15, 0.2) is 11.5 Å². The van der Waals surface area contributed by atoms with E-state index in [1.807, 2.05) is 49.4 Å². The third-order valence-electron chi connectivity index (χ3n) is 5.59. The van der Waals surface area contributed by atoms with Crippen LogP contribution in [0.15, 0.2) is 42.5 Å². The molecule has 30 heavy (non-hydrogen) atoms. The van der Waals surface area contributed by atoms with Gasteiger partial charge in [-0.3, -0.25) is 4.79 Å². The van der Waals surface area contributed by atoms with E-state index in [2.05, 4.69) is 5.32 Å². The Balaban J connectivity index is 1.27. The van der Waals surface area contributed by atoms with Crippen LogP contribution in [-0.4, -0.2) is 38.5 Å². The molecular weight excluding hydrogens is 404 g/mol. The van der Waals surface area contributed by atoms with E-state index < -0.39 is 10.0 Å². The molecule has 4 rings (SSSR count). The Bertz CT molecular complexity index is 1010. The van der Waals surface area contributed by atoms with Crippen LogP contribution in [0.1, 0.15) is 29.5 Å². The quantitative estimate of drug-likeness (QED) is 0.761. The number of fused-ring (bicyclic) bond motifs is 1. The van der Waals surface area contributed by atoms with Crippen molar-refractivity contribution in [3.63, 3.8) is 0 Å². The fraction of sp³-hybridized carbons (Fsp3) is 0.409. The fourth-order valence-electron chi connectivity index (χ4n) is 3.77. The zero-order valence-electron chi connectivity index (χ0n) is 17.0. The van der Waals surface area contributed by atoms with Crippen LogP contribution in [0.3, 0.4) is 0 Å². The molecule has 2 aliphatic rings. The van der Waals surface area contributed by atoms with E-state index in [-0.39, 0.29) is 24.4 Å². The second-order valence-corrected chi connectivity index (χ2v) is 9.79. The highest BCUT2D eigenvalue weighted by Gasteiger charge is 2.31. The average molecular weight is 431 g/mol. The highest BCUT2D eigenvalue weighted by molar-refractivity contribution is 7.88. The topological polar surface area (TPSA) is 84.9 Å². The molecule has 0 radical (unpaired) electrons. The summed E-state index contributed by atoms with van der Waals surface area (Å²) in [6, 6.07) is 13.1. The van der Waals surface area contributed by atoms with Crippen molar-refractivity contribution >= 4 is 15.9 Å². The molecule has 2 aromatic carbocycles. The number of benzene rings is 2. The molecule has 2 aliphatic heterocycles. The minimum atomic E-state index is -3.38. The largest absolute Gasteiger partial charge is 0.454 e. The number of carbonyl (C=O) groups is 1. The number of ether oxygens (including phenoxy) is 2. The van der Waals surface area contributed by atoms with E-state index in [0.717, 1.165) is 16.7 Å². The first kappa shape index (κ1) is 20.7. The SMILES string of the molecule is Cc1ccc(CS(=O)(=O)N2CCC(C(=O)NCc3ccc4c(c3)OCO4)CC2)cc1. The van der Waals surface area contributed by atoms with Crippen molar-refractivity contribution < 1.29 is 22.7 Å². The Morgan fingerprint density at radius 1 is 1.03 bits per heavy atom. The lowest BCUT2D eigenvalue weighted by Crippen LogP contribution is -2.43. The molecule has 0 atom stereocenters. The molecule has 0 bridgehead atoms. The number of aryl methyl sites for hydroxylation is 1. The number of piperidine rings is 1. The highest BCUT2D eigenvalue weighted by Crippen LogP contribution is 2.32. The summed E-state index contributed by atoms with van der Waals surface area (Å²) in [6.07, 6.45) is 1.06. The summed E-state index contributed by atoms with van der Waals surface area (Å²) < 4.78 is 37.6. The first-order valence-electron chi connectivity index (χ1n) is 10.1. The van der Waals surface area contributed by atoms with Crippen LogP contribution in [0.4, 0.5) is 0 Å². The molecule has 0 saturated carbocycles. The number of amides is 1. The minimum absolute atomic E-state index is 0.00570. The summed E-state index contributed by atoms with van der Waals surface area (Å²) in [5.41, 5.74) is 2.82. The smallest absolute Gasteiger partial charge is 0.231 e. The van der Waals surface area contributed by atoms with Gasteiger partial charge in [-0.25, -0.2) is 12.7 Å². The van der Waals surface area contributed by atoms with Crippen LogP contribution in [0, 0.1) is 12.8 Å². The predicted molar refractivity (Wildman–Crippen MR) is 113 cm³/mol. The van der Waals surface area contributed by atoms with Gasteiger partial charge in [0, 0.05) is 25.6 Å². The summed E-state index contributed by atoms with van der Waals surface area (Å²) in [4.78, 5) is 12.5. The van der Waals surface area contributed by atoms with E-state index in [1.54, 1.807) is 0 Å². The summed E-state index contributed by atoms with van der Waals surface area (Å²) >= 11 is 0. The molecule has 2 heterocycles. The lowest BCUT2D eigenvalue weighted by molar-refractivity contribution is -0.126. The molecule has 1 fully saturated rings. The number of rotatable bonds is 6. The Morgan fingerprint density at radius 3 is 2.43 bits per heavy atom. The summed E-state index contributed by atoms with van der Waals surface area (Å²) in [5.74, 6) is 1.18. The number of hydrogen-bond donors (Lipinski definition) is 1. The molecule has 7 nitrogen and oxygen atoms in total. The number of sulfonamides is 1. The second kappa shape index (κ2) is 8.65. The maximum absolute atomic E-state index is 12.7. The van der Waals surface area contributed by atoms with Crippen LogP contribution in [-0.2, 0) is 27.1 Å². The molecule has 0 aliphatic carbocycles. The monoisotopic (exact) mass is 430 g/mol. The summed E-state index contributed by atoms with van der Waals surface area (Å²) in [6.45, 7) is 3.34. The zero-order valence-corrected chi connectivity index (χ0v) is 17.8. The predicted octanol–water partition coefficient (Wildman–Crippen LogP) is 2.58. The Hall–Kier alpha value is -2.58. The number of nitrogens with zero attached hydrogens (tertiary/aromatic N) is 1. The molecule has 0 unspecified atom stereocenters. The van der Waals surface area contributed by atoms with E-state index in [0.29, 0.717) is 44.0 Å². The molecule has 1 amide bonds. The normalized spacial score (nSPS) is 17.1. The van der Waals surface area contributed by atoms with Gasteiger partial charge in [-0.05, 0) is 43.0 Å². The van der Waals surface area contributed by atoms with Crippen LogP contribution in [0.5, 0.6) is 11.5 Å². The van der Waals surface area contributed by atoms with Gasteiger partial charge >= 0.3 is 0 Å². The second-order valence-electron chi connectivity index (χ2n) is 7.82. The van der Waals surface area contributed by atoms with E-state index in [1.165, 1.54) is 4.31 Å². The summed E-state index contributed by atoms with van der Waals surface area (Å²) in [7, 11) is -3.38. The fourth-order valence-corrected chi connectivity index (χ4v) is 5.33. The van der Waals surface area contributed by atoms with Gasteiger partial charge in [-0.15, -0.1) is 0 Å². The standard InChI is InChI=1S/C22H26N2O5S/c1-16-2-4-17(5-3-16)14-30(26,27)24-10-8-19(9-11-24)22(25)23-13-18-6-7-20-21(12-18)29-15-28-20/h2-7,12,19H,8-11,13-15H2,1H3,(H,23,25). The first-order chi connectivity index (χ1) is 14.4. The molecule has 8 heteroatoms. The molecule has 160 valence electrons. The average Bonchev–Trinajstić information content (AvgIpc) is 3.21. The highest BCUT2D eigenvalue weighted by atomic mass is 32.2. The van der Waals surface area contributed by atoms with Gasteiger partial charge in [0.25, 0.3) is 0 Å². The molecule has 0 aromatic heterocycles. The maximum atomic E-state index is 12.7. The summed E-state index contributed by atoms with van der Waals surface area (Å²) in [5, 5.41) is 2.96. The lowest BCUT2D eigenvalue weighted by Gasteiger charge is -2.30.